The number of benzene rings is 1. The van der Waals surface area contributed by atoms with Crippen molar-refractivity contribution in [2.75, 3.05) is 13.2 Å². The number of carboxylic acids is 2. The Morgan fingerprint density at radius 3 is 2.62 bits per heavy atom. The first-order valence-electron chi connectivity index (χ1n) is 7.48. The Bertz CT molecular complexity index is 836. The maximum absolute atomic E-state index is 12.6. The van der Waals surface area contributed by atoms with Crippen LogP contribution in [0.15, 0.2) is 23.1 Å². The highest BCUT2D eigenvalue weighted by Crippen LogP contribution is 2.36. The van der Waals surface area contributed by atoms with Gasteiger partial charge < -0.3 is 19.7 Å². The van der Waals surface area contributed by atoms with Gasteiger partial charge in [0.05, 0.1) is 11.3 Å². The molecule has 2 heterocycles. The van der Waals surface area contributed by atoms with Gasteiger partial charge in [-0.05, 0) is 23.8 Å². The zero-order valence-electron chi connectivity index (χ0n) is 13.2. The van der Waals surface area contributed by atoms with Crippen molar-refractivity contribution in [1.82, 2.24) is 4.90 Å². The van der Waals surface area contributed by atoms with Gasteiger partial charge in [-0.15, -0.1) is 0 Å². The molecule has 1 atom stereocenters. The number of carbonyl (C=O) groups excluding carboxylic acids is 1. The van der Waals surface area contributed by atoms with Crippen LogP contribution >= 0.6 is 24.0 Å². The monoisotopic (exact) mass is 395 g/mol. The van der Waals surface area contributed by atoms with Gasteiger partial charge in [0.1, 0.15) is 23.6 Å². The van der Waals surface area contributed by atoms with Gasteiger partial charge in [-0.25, -0.2) is 4.79 Å². The number of rotatable bonds is 5. The van der Waals surface area contributed by atoms with Crippen molar-refractivity contribution in [3.63, 3.8) is 0 Å². The number of aliphatic carboxylic acids is 2. The third-order valence-electron chi connectivity index (χ3n) is 3.65. The molecule has 8 nitrogen and oxygen atoms in total. The highest BCUT2D eigenvalue weighted by atomic mass is 32.2. The Hall–Kier alpha value is -2.59. The van der Waals surface area contributed by atoms with E-state index in [9.17, 15) is 19.5 Å². The maximum atomic E-state index is 12.6. The zero-order valence-corrected chi connectivity index (χ0v) is 14.8. The minimum Gasteiger partial charge on any atom is -0.486 e. The summed E-state index contributed by atoms with van der Waals surface area (Å²) in [6.07, 6.45) is 0.816. The van der Waals surface area contributed by atoms with Gasteiger partial charge in [0.25, 0.3) is 5.91 Å². The fourth-order valence-corrected chi connectivity index (χ4v) is 3.86. The molecule has 0 saturated carbocycles. The third kappa shape index (κ3) is 3.65. The first-order valence-corrected chi connectivity index (χ1v) is 8.70. The summed E-state index contributed by atoms with van der Waals surface area (Å²) in [5.41, 5.74) is 0.653. The highest BCUT2D eigenvalue weighted by Gasteiger charge is 2.41. The smallest absolute Gasteiger partial charge is 0.327 e. The lowest BCUT2D eigenvalue weighted by molar-refractivity contribution is -0.150. The number of nitrogens with zero attached hydrogens (tertiary/aromatic N) is 1. The second-order valence-electron chi connectivity index (χ2n) is 5.41. The molecule has 136 valence electrons. The number of ether oxygens (including phenoxy) is 2. The first-order chi connectivity index (χ1) is 12.4. The molecule has 2 aliphatic rings. The van der Waals surface area contributed by atoms with E-state index in [0.29, 0.717) is 30.3 Å². The van der Waals surface area contributed by atoms with E-state index in [4.69, 9.17) is 26.8 Å². The summed E-state index contributed by atoms with van der Waals surface area (Å²) in [7, 11) is 0. The fourth-order valence-electron chi connectivity index (χ4n) is 2.50. The number of amides is 1. The van der Waals surface area contributed by atoms with Crippen molar-refractivity contribution in [2.24, 2.45) is 0 Å². The van der Waals surface area contributed by atoms with E-state index >= 15 is 0 Å². The van der Waals surface area contributed by atoms with Gasteiger partial charge >= 0.3 is 11.9 Å². The van der Waals surface area contributed by atoms with Crippen LogP contribution in [0.1, 0.15) is 12.0 Å². The van der Waals surface area contributed by atoms with Gasteiger partial charge in [-0.3, -0.25) is 14.5 Å². The third-order valence-corrected chi connectivity index (χ3v) is 4.98. The molecular weight excluding hydrogens is 382 g/mol. The second kappa shape index (κ2) is 7.34. The van der Waals surface area contributed by atoms with E-state index < -0.39 is 30.3 Å². The van der Waals surface area contributed by atoms with Gasteiger partial charge in [0.15, 0.2) is 11.5 Å². The lowest BCUT2D eigenvalue weighted by atomic mass is 10.1. The summed E-state index contributed by atoms with van der Waals surface area (Å²) < 4.78 is 10.9. The Morgan fingerprint density at radius 2 is 1.96 bits per heavy atom. The number of hydrogen-bond acceptors (Lipinski definition) is 7. The van der Waals surface area contributed by atoms with Crippen molar-refractivity contribution < 1.29 is 34.1 Å². The van der Waals surface area contributed by atoms with E-state index in [1.165, 1.54) is 0 Å². The van der Waals surface area contributed by atoms with Gasteiger partial charge in [0, 0.05) is 0 Å². The SMILES string of the molecule is O=C(O)CC(C(=O)O)N1C(=O)C(=Cc2ccc3c(c2)OCCO3)SC1=S. The average Bonchev–Trinajstić information content (AvgIpc) is 2.86. The van der Waals surface area contributed by atoms with Crippen molar-refractivity contribution in [2.45, 2.75) is 12.5 Å². The molecule has 0 aromatic heterocycles. The van der Waals surface area contributed by atoms with Crippen LogP contribution < -0.4 is 9.47 Å². The number of thioether (sulfide) groups is 1. The molecule has 1 fully saturated rings. The summed E-state index contributed by atoms with van der Waals surface area (Å²) in [5.74, 6) is -2.24. The molecule has 1 unspecified atom stereocenters. The minimum atomic E-state index is -1.55. The fraction of sp³-hybridized carbons (Fsp3) is 0.250. The molecule has 0 radical (unpaired) electrons. The minimum absolute atomic E-state index is 0.00689. The molecular formula is C16H13NO7S2. The number of carboxylic acid groups (broad SMARTS) is 2. The molecule has 3 rings (SSSR count). The van der Waals surface area contributed by atoms with Crippen LogP contribution in [-0.2, 0) is 14.4 Å². The molecule has 1 aromatic carbocycles. The molecule has 2 N–H and O–H groups in total. The van der Waals surface area contributed by atoms with Gasteiger partial charge in [-0.2, -0.15) is 0 Å². The van der Waals surface area contributed by atoms with E-state index in [-0.39, 0.29) is 9.23 Å². The maximum Gasteiger partial charge on any atom is 0.327 e. The van der Waals surface area contributed by atoms with Crippen LogP contribution in [0.25, 0.3) is 6.08 Å². The number of thiocarbonyl (C=S) groups is 1. The van der Waals surface area contributed by atoms with E-state index in [1.54, 1.807) is 24.3 Å². The lowest BCUT2D eigenvalue weighted by Crippen LogP contribution is -2.45. The van der Waals surface area contributed by atoms with Crippen LogP contribution in [0.4, 0.5) is 0 Å². The standard InChI is InChI=1S/C16H13NO7S2/c18-13(19)7-9(15(21)22)17-14(20)12(26-16(17)25)6-8-1-2-10-11(5-8)24-4-3-23-10/h1-2,5-6,9H,3-4,7H2,(H,18,19)(H,21,22). The topological polar surface area (TPSA) is 113 Å². The summed E-state index contributed by atoms with van der Waals surface area (Å²) in [6.45, 7) is 0.888. The molecule has 0 aliphatic carbocycles. The summed E-state index contributed by atoms with van der Waals surface area (Å²) in [5, 5.41) is 18.1. The Morgan fingerprint density at radius 1 is 1.27 bits per heavy atom. The van der Waals surface area contributed by atoms with Crippen molar-refractivity contribution in [3.05, 3.63) is 28.7 Å². The average molecular weight is 395 g/mol. The molecule has 10 heteroatoms. The zero-order chi connectivity index (χ0) is 18.8. The summed E-state index contributed by atoms with van der Waals surface area (Å²) in [6, 6.07) is 3.59. The van der Waals surface area contributed by atoms with Crippen LogP contribution in [-0.4, -0.2) is 56.5 Å². The predicted octanol–water partition coefficient (Wildman–Crippen LogP) is 1.59. The molecule has 1 amide bonds. The van der Waals surface area contributed by atoms with Gasteiger partial charge in [-0.1, -0.05) is 30.0 Å². The normalized spacial score (nSPS) is 18.9. The van der Waals surface area contributed by atoms with Crippen molar-refractivity contribution >= 4 is 52.2 Å². The van der Waals surface area contributed by atoms with E-state index in [0.717, 1.165) is 16.7 Å². The quantitative estimate of drug-likeness (QED) is 0.567. The number of fused-ring (bicyclic) bond motifs is 1. The molecule has 26 heavy (non-hydrogen) atoms. The molecule has 0 spiro atoms. The highest BCUT2D eigenvalue weighted by molar-refractivity contribution is 8.26. The second-order valence-corrected chi connectivity index (χ2v) is 7.08. The molecule has 1 aromatic rings. The lowest BCUT2D eigenvalue weighted by Gasteiger charge is -2.21. The summed E-state index contributed by atoms with van der Waals surface area (Å²) in [4.78, 5) is 35.9. The van der Waals surface area contributed by atoms with E-state index in [1.807, 2.05) is 0 Å². The first kappa shape index (κ1) is 18.2. The van der Waals surface area contributed by atoms with Crippen LogP contribution in [0.5, 0.6) is 11.5 Å². The molecule has 0 bridgehead atoms. The largest absolute Gasteiger partial charge is 0.486 e. The molecule has 2 aliphatic heterocycles. The molecule has 1 saturated heterocycles. The summed E-state index contributed by atoms with van der Waals surface area (Å²) >= 11 is 6.01. The predicted molar refractivity (Wildman–Crippen MR) is 96.1 cm³/mol. The van der Waals surface area contributed by atoms with Crippen LogP contribution in [0.3, 0.4) is 0 Å². The van der Waals surface area contributed by atoms with Crippen LogP contribution in [0.2, 0.25) is 0 Å². The van der Waals surface area contributed by atoms with Crippen molar-refractivity contribution in [1.29, 1.82) is 0 Å². The van der Waals surface area contributed by atoms with Crippen LogP contribution in [0, 0.1) is 0 Å². The van der Waals surface area contributed by atoms with Crippen molar-refractivity contribution in [3.8, 4) is 11.5 Å². The van der Waals surface area contributed by atoms with Gasteiger partial charge in [0.2, 0.25) is 0 Å². The Labute approximate surface area is 157 Å². The van der Waals surface area contributed by atoms with E-state index in [2.05, 4.69) is 0 Å². The Balaban J connectivity index is 1.87. The number of hydrogen-bond donors (Lipinski definition) is 2. The Kier molecular flexibility index (Phi) is 5.14. The number of carbonyl (C=O) groups is 3.